The first kappa shape index (κ1) is 25.9. The smallest absolute Gasteiger partial charge is 0.223 e. The molecule has 6 nitrogen and oxygen atoms in total. The number of nitrogens with one attached hydrogen (secondary N) is 2. The van der Waals surface area contributed by atoms with Crippen molar-refractivity contribution in [2.24, 2.45) is 10.9 Å². The molecule has 2 N–H and O–H groups in total. The van der Waals surface area contributed by atoms with Gasteiger partial charge in [-0.3, -0.25) is 9.79 Å². The van der Waals surface area contributed by atoms with E-state index in [1.807, 2.05) is 30.0 Å². The van der Waals surface area contributed by atoms with Crippen molar-refractivity contribution in [1.82, 2.24) is 15.5 Å². The summed E-state index contributed by atoms with van der Waals surface area (Å²) >= 11 is 0. The zero-order valence-electron chi connectivity index (χ0n) is 18.4. The van der Waals surface area contributed by atoms with Crippen LogP contribution in [0.4, 0.5) is 4.39 Å². The number of benzene rings is 2. The first-order valence-corrected chi connectivity index (χ1v) is 10.9. The fourth-order valence-corrected chi connectivity index (χ4v) is 3.56. The lowest BCUT2D eigenvalue weighted by Gasteiger charge is -2.16. The SMILES string of the molecule is CCNC(=NCC1CC(=O)N(CCc2ccccc2)C1)NCCOc1cccc(F)c1.I. The van der Waals surface area contributed by atoms with E-state index in [-0.39, 0.29) is 41.6 Å². The van der Waals surface area contributed by atoms with Crippen LogP contribution in [-0.2, 0) is 11.2 Å². The molecule has 0 radical (unpaired) electrons. The maximum Gasteiger partial charge on any atom is 0.223 e. The Morgan fingerprint density at radius 1 is 1.19 bits per heavy atom. The van der Waals surface area contributed by atoms with Crippen LogP contribution in [0.5, 0.6) is 5.75 Å². The maximum absolute atomic E-state index is 13.2. The molecule has 2 aromatic carbocycles. The van der Waals surface area contributed by atoms with Crippen molar-refractivity contribution < 1.29 is 13.9 Å². The molecule has 1 saturated heterocycles. The molecule has 32 heavy (non-hydrogen) atoms. The Morgan fingerprint density at radius 3 is 2.75 bits per heavy atom. The molecule has 1 heterocycles. The van der Waals surface area contributed by atoms with E-state index in [0.717, 1.165) is 26.1 Å². The normalized spacial score (nSPS) is 15.9. The topological polar surface area (TPSA) is 66.0 Å². The van der Waals surface area contributed by atoms with Crippen LogP contribution >= 0.6 is 24.0 Å². The molecule has 1 unspecified atom stereocenters. The van der Waals surface area contributed by atoms with Gasteiger partial charge < -0.3 is 20.3 Å². The number of amides is 1. The fourth-order valence-electron chi connectivity index (χ4n) is 3.56. The predicted molar refractivity (Wildman–Crippen MR) is 136 cm³/mol. The number of hydrogen-bond acceptors (Lipinski definition) is 3. The number of rotatable bonds is 10. The van der Waals surface area contributed by atoms with E-state index >= 15 is 0 Å². The van der Waals surface area contributed by atoms with Crippen molar-refractivity contribution in [2.45, 2.75) is 19.8 Å². The van der Waals surface area contributed by atoms with Crippen LogP contribution in [0.1, 0.15) is 18.9 Å². The molecule has 0 saturated carbocycles. The third kappa shape index (κ3) is 8.64. The van der Waals surface area contributed by atoms with Crippen LogP contribution in [0.2, 0.25) is 0 Å². The van der Waals surface area contributed by atoms with Crippen molar-refractivity contribution in [3.63, 3.8) is 0 Å². The summed E-state index contributed by atoms with van der Waals surface area (Å²) in [5.74, 6) is 1.31. The third-order valence-corrected chi connectivity index (χ3v) is 5.12. The van der Waals surface area contributed by atoms with Gasteiger partial charge in [-0.15, -0.1) is 24.0 Å². The van der Waals surface area contributed by atoms with Crippen LogP contribution in [0, 0.1) is 11.7 Å². The summed E-state index contributed by atoms with van der Waals surface area (Å²) in [6, 6.07) is 16.3. The first-order valence-electron chi connectivity index (χ1n) is 10.9. The van der Waals surface area contributed by atoms with Crippen LogP contribution in [-0.4, -0.2) is 56.1 Å². The highest BCUT2D eigenvalue weighted by Gasteiger charge is 2.28. The van der Waals surface area contributed by atoms with Gasteiger partial charge in [0.2, 0.25) is 5.91 Å². The number of nitrogens with zero attached hydrogens (tertiary/aromatic N) is 2. The standard InChI is InChI=1S/C24H31FN4O2.HI/c1-2-26-24(27-12-14-31-22-10-6-9-21(25)16-22)28-17-20-15-23(30)29(18-20)13-11-19-7-4-3-5-8-19;/h3-10,16,20H,2,11-15,17-18H2,1H3,(H2,26,27,28);1H. The number of halogens is 2. The van der Waals surface area contributed by atoms with Gasteiger partial charge in [0, 0.05) is 44.6 Å². The molecule has 1 aliphatic rings. The lowest BCUT2D eigenvalue weighted by atomic mass is 10.1. The minimum absolute atomic E-state index is 0. The summed E-state index contributed by atoms with van der Waals surface area (Å²) < 4.78 is 18.7. The van der Waals surface area contributed by atoms with Gasteiger partial charge in [0.25, 0.3) is 0 Å². The summed E-state index contributed by atoms with van der Waals surface area (Å²) in [7, 11) is 0. The molecule has 0 bridgehead atoms. The van der Waals surface area contributed by atoms with E-state index in [2.05, 4.69) is 27.8 Å². The number of guanidine groups is 1. The second-order valence-electron chi connectivity index (χ2n) is 7.60. The number of carbonyl (C=O) groups is 1. The van der Waals surface area contributed by atoms with Gasteiger partial charge in [0.05, 0.1) is 6.54 Å². The van der Waals surface area contributed by atoms with Gasteiger partial charge in [-0.1, -0.05) is 36.4 Å². The van der Waals surface area contributed by atoms with Crippen molar-refractivity contribution >= 4 is 35.8 Å². The molecule has 174 valence electrons. The predicted octanol–water partition coefficient (Wildman–Crippen LogP) is 3.47. The van der Waals surface area contributed by atoms with E-state index < -0.39 is 0 Å². The quantitative estimate of drug-likeness (QED) is 0.205. The van der Waals surface area contributed by atoms with E-state index in [1.54, 1.807) is 12.1 Å². The van der Waals surface area contributed by atoms with E-state index in [9.17, 15) is 9.18 Å². The molecule has 1 aliphatic heterocycles. The zero-order chi connectivity index (χ0) is 21.9. The highest BCUT2D eigenvalue weighted by atomic mass is 127. The zero-order valence-corrected chi connectivity index (χ0v) is 20.8. The third-order valence-electron chi connectivity index (χ3n) is 5.12. The molecule has 0 aromatic heterocycles. The minimum atomic E-state index is -0.315. The molecule has 2 aromatic rings. The molecule has 0 spiro atoms. The number of hydrogen-bond donors (Lipinski definition) is 2. The van der Waals surface area contributed by atoms with E-state index in [4.69, 9.17) is 4.74 Å². The first-order chi connectivity index (χ1) is 15.1. The van der Waals surface area contributed by atoms with Crippen LogP contribution in [0.15, 0.2) is 59.6 Å². The minimum Gasteiger partial charge on any atom is -0.492 e. The van der Waals surface area contributed by atoms with E-state index in [1.165, 1.54) is 17.7 Å². The monoisotopic (exact) mass is 554 g/mol. The summed E-state index contributed by atoms with van der Waals surface area (Å²) in [5.41, 5.74) is 1.25. The van der Waals surface area contributed by atoms with Gasteiger partial charge in [-0.2, -0.15) is 0 Å². The summed E-state index contributed by atoms with van der Waals surface area (Å²) in [5, 5.41) is 6.43. The van der Waals surface area contributed by atoms with Crippen LogP contribution in [0.3, 0.4) is 0 Å². The Morgan fingerprint density at radius 2 is 2.00 bits per heavy atom. The Bertz CT molecular complexity index is 866. The molecular weight excluding hydrogens is 522 g/mol. The largest absolute Gasteiger partial charge is 0.492 e. The van der Waals surface area contributed by atoms with E-state index in [0.29, 0.717) is 37.8 Å². The summed E-state index contributed by atoms with van der Waals surface area (Å²) in [6.45, 7) is 5.76. The number of carbonyl (C=O) groups excluding carboxylic acids is 1. The fraction of sp³-hybridized carbons (Fsp3) is 0.417. The highest BCUT2D eigenvalue weighted by molar-refractivity contribution is 14.0. The lowest BCUT2D eigenvalue weighted by molar-refractivity contribution is -0.127. The van der Waals surface area contributed by atoms with Gasteiger partial charge in [0.15, 0.2) is 5.96 Å². The number of likely N-dealkylation sites (tertiary alicyclic amines) is 1. The van der Waals surface area contributed by atoms with Gasteiger partial charge in [-0.25, -0.2) is 4.39 Å². The number of ether oxygens (including phenoxy) is 1. The molecule has 1 atom stereocenters. The van der Waals surface area contributed by atoms with Crippen molar-refractivity contribution in [3.05, 3.63) is 66.0 Å². The summed E-state index contributed by atoms with van der Waals surface area (Å²) in [4.78, 5) is 18.9. The number of aliphatic imine (C=N–C) groups is 1. The lowest BCUT2D eigenvalue weighted by Crippen LogP contribution is -2.39. The van der Waals surface area contributed by atoms with Crippen molar-refractivity contribution in [1.29, 1.82) is 0 Å². The Kier molecular flexibility index (Phi) is 11.3. The molecule has 0 aliphatic carbocycles. The molecule has 3 rings (SSSR count). The average molecular weight is 554 g/mol. The molecule has 8 heteroatoms. The van der Waals surface area contributed by atoms with Gasteiger partial charge in [0.1, 0.15) is 18.2 Å². The Hall–Kier alpha value is -2.36. The maximum atomic E-state index is 13.2. The highest BCUT2D eigenvalue weighted by Crippen LogP contribution is 2.18. The molecule has 1 fully saturated rings. The average Bonchev–Trinajstić information content (AvgIpc) is 3.13. The Labute approximate surface area is 206 Å². The van der Waals surface area contributed by atoms with Gasteiger partial charge >= 0.3 is 0 Å². The second-order valence-corrected chi connectivity index (χ2v) is 7.60. The molecule has 1 amide bonds. The second kappa shape index (κ2) is 13.9. The molecular formula is C24H32FIN4O2. The van der Waals surface area contributed by atoms with Crippen LogP contribution in [0.25, 0.3) is 0 Å². The summed E-state index contributed by atoms with van der Waals surface area (Å²) in [6.07, 6.45) is 1.42. The van der Waals surface area contributed by atoms with Crippen LogP contribution < -0.4 is 15.4 Å². The van der Waals surface area contributed by atoms with Gasteiger partial charge in [-0.05, 0) is 31.0 Å². The van der Waals surface area contributed by atoms with Crippen molar-refractivity contribution in [3.8, 4) is 5.75 Å². The Balaban J connectivity index is 0.00000363. The van der Waals surface area contributed by atoms with Crippen molar-refractivity contribution in [2.75, 3.05) is 39.3 Å².